The van der Waals surface area contributed by atoms with Crippen LogP contribution in [0.15, 0.2) is 11.8 Å². The van der Waals surface area contributed by atoms with Crippen molar-refractivity contribution < 1.29 is 35.3 Å². The molecule has 1 rings (SSSR count). The molecule has 5 nitrogen and oxygen atoms in total. The average Bonchev–Trinajstić information content (AvgIpc) is 2.28. The number of methoxy groups -OCH3 is 1. The van der Waals surface area contributed by atoms with Gasteiger partial charge in [0.05, 0.1) is 13.0 Å². The van der Waals surface area contributed by atoms with Gasteiger partial charge in [0.25, 0.3) is 0 Å². The predicted molar refractivity (Wildman–Crippen MR) is 73.0 cm³/mol. The van der Waals surface area contributed by atoms with E-state index in [4.69, 9.17) is 0 Å². The Morgan fingerprint density at radius 2 is 1.90 bits per heavy atom. The van der Waals surface area contributed by atoms with Crippen LogP contribution in [0.4, 0.5) is 13.2 Å². The molecule has 0 aromatic heterocycles. The van der Waals surface area contributed by atoms with Gasteiger partial charge in [-0.15, -0.1) is 0 Å². The van der Waals surface area contributed by atoms with Crippen molar-refractivity contribution >= 4 is 29.6 Å². The van der Waals surface area contributed by atoms with E-state index in [0.29, 0.717) is 0 Å². The fourth-order valence-electron chi connectivity index (χ4n) is 1.88. The number of hydrogen-bond acceptors (Lipinski definition) is 5. The summed E-state index contributed by atoms with van der Waals surface area (Å²) < 4.78 is 67.2. The van der Waals surface area contributed by atoms with Crippen LogP contribution in [0.2, 0.25) is 0 Å². The van der Waals surface area contributed by atoms with Crippen molar-refractivity contribution in [2.24, 2.45) is 11.3 Å². The smallest absolute Gasteiger partial charge is 0.469 e. The maximum Gasteiger partial charge on any atom is 0.534 e. The molecule has 0 amide bonds. The Bertz CT molecular complexity index is 522. The molecule has 0 saturated carbocycles. The maximum atomic E-state index is 12.2. The summed E-state index contributed by atoms with van der Waals surface area (Å²) in [6.07, 6.45) is 1.20. The molecule has 1 aliphatic rings. The lowest BCUT2D eigenvalue weighted by Gasteiger charge is -2.35. The van der Waals surface area contributed by atoms with E-state index >= 15 is 0 Å². The molecular formula is C11H17F3O5S2. The molecule has 1 aliphatic carbocycles. The summed E-state index contributed by atoms with van der Waals surface area (Å²) in [5.41, 5.74) is -6.05. The van der Waals surface area contributed by atoms with Crippen molar-refractivity contribution in [3.05, 3.63) is 11.8 Å². The Balaban J connectivity index is 0.00000400. The zero-order chi connectivity index (χ0) is 15.8. The van der Waals surface area contributed by atoms with Gasteiger partial charge in [0.1, 0.15) is 5.76 Å². The first-order valence-corrected chi connectivity index (χ1v) is 7.09. The lowest BCUT2D eigenvalue weighted by Crippen LogP contribution is -2.36. The van der Waals surface area contributed by atoms with Crippen molar-refractivity contribution in [3.63, 3.8) is 0 Å². The van der Waals surface area contributed by atoms with Crippen LogP contribution >= 0.6 is 13.5 Å². The topological polar surface area (TPSA) is 69.7 Å². The Kier molecular flexibility index (Phi) is 6.19. The second-order valence-electron chi connectivity index (χ2n) is 5.13. The van der Waals surface area contributed by atoms with E-state index in [-0.39, 0.29) is 26.3 Å². The second-order valence-corrected chi connectivity index (χ2v) is 6.66. The van der Waals surface area contributed by atoms with Gasteiger partial charge in [-0.2, -0.15) is 35.1 Å². The molecule has 21 heavy (non-hydrogen) atoms. The summed E-state index contributed by atoms with van der Waals surface area (Å²) in [7, 11) is -4.55. The SMILES string of the molecule is COC(=O)[C@H]1CC(OS(=O)(=O)C(F)(F)F)=CCC1(C)C.S. The van der Waals surface area contributed by atoms with Gasteiger partial charge in [0.2, 0.25) is 0 Å². The average molecular weight is 350 g/mol. The van der Waals surface area contributed by atoms with E-state index in [1.807, 2.05) is 0 Å². The highest BCUT2D eigenvalue weighted by Crippen LogP contribution is 2.42. The molecule has 0 fully saturated rings. The largest absolute Gasteiger partial charge is 0.534 e. The number of halogens is 3. The van der Waals surface area contributed by atoms with Gasteiger partial charge in [0, 0.05) is 6.42 Å². The lowest BCUT2D eigenvalue weighted by atomic mass is 9.71. The van der Waals surface area contributed by atoms with E-state index in [2.05, 4.69) is 8.92 Å². The highest BCUT2D eigenvalue weighted by atomic mass is 32.2. The van der Waals surface area contributed by atoms with E-state index in [0.717, 1.165) is 7.11 Å². The quantitative estimate of drug-likeness (QED) is 0.444. The van der Waals surface area contributed by atoms with Gasteiger partial charge >= 0.3 is 21.6 Å². The zero-order valence-corrected chi connectivity index (χ0v) is 13.5. The van der Waals surface area contributed by atoms with Crippen LogP contribution in [-0.4, -0.2) is 27.0 Å². The third-order valence-electron chi connectivity index (χ3n) is 3.19. The molecule has 0 aromatic carbocycles. The minimum atomic E-state index is -5.71. The maximum absolute atomic E-state index is 12.2. The van der Waals surface area contributed by atoms with Gasteiger partial charge in [-0.1, -0.05) is 13.8 Å². The summed E-state index contributed by atoms with van der Waals surface area (Å²) in [6.45, 7) is 3.47. The van der Waals surface area contributed by atoms with Crippen LogP contribution in [0.5, 0.6) is 0 Å². The Labute approximate surface area is 128 Å². The molecule has 0 spiro atoms. The highest BCUT2D eigenvalue weighted by molar-refractivity contribution is 7.87. The molecule has 10 heteroatoms. The minimum absolute atomic E-state index is 0. The van der Waals surface area contributed by atoms with Crippen molar-refractivity contribution in [1.29, 1.82) is 0 Å². The number of ether oxygens (including phenoxy) is 1. The number of esters is 1. The number of allylic oxidation sites excluding steroid dienone is 2. The van der Waals surface area contributed by atoms with Crippen LogP contribution < -0.4 is 0 Å². The zero-order valence-electron chi connectivity index (χ0n) is 11.7. The Morgan fingerprint density at radius 1 is 1.38 bits per heavy atom. The third kappa shape index (κ3) is 4.53. The van der Waals surface area contributed by atoms with Gasteiger partial charge in [-0.25, -0.2) is 0 Å². The summed E-state index contributed by atoms with van der Waals surface area (Å²) in [4.78, 5) is 11.6. The monoisotopic (exact) mass is 350 g/mol. The molecule has 0 aliphatic heterocycles. The number of carbonyl (C=O) groups excluding carboxylic acids is 1. The standard InChI is InChI=1S/C11H15F3O5S.H2S/c1-10(2)5-4-7(6-8(10)9(15)18-3)19-20(16,17)11(12,13)14;/h4,8H,5-6H2,1-3H3;1H2/t8-;/m1./s1. The fraction of sp³-hybridized carbons (Fsp3) is 0.727. The minimum Gasteiger partial charge on any atom is -0.469 e. The van der Waals surface area contributed by atoms with Crippen LogP contribution in [0.1, 0.15) is 26.7 Å². The van der Waals surface area contributed by atoms with Crippen molar-refractivity contribution in [3.8, 4) is 0 Å². The molecule has 0 radical (unpaired) electrons. The highest BCUT2D eigenvalue weighted by Gasteiger charge is 2.50. The van der Waals surface area contributed by atoms with E-state index in [1.165, 1.54) is 6.08 Å². The first-order chi connectivity index (χ1) is 8.90. The molecule has 0 heterocycles. The summed E-state index contributed by atoms with van der Waals surface area (Å²) in [5, 5.41) is 0. The van der Waals surface area contributed by atoms with Gasteiger partial charge in [0.15, 0.2) is 0 Å². The molecule has 0 bridgehead atoms. The van der Waals surface area contributed by atoms with Crippen LogP contribution in [0.25, 0.3) is 0 Å². The number of rotatable bonds is 3. The number of carbonyl (C=O) groups is 1. The van der Waals surface area contributed by atoms with Crippen molar-refractivity contribution in [2.45, 2.75) is 32.2 Å². The van der Waals surface area contributed by atoms with Crippen LogP contribution in [0.3, 0.4) is 0 Å². The molecule has 1 atom stereocenters. The Hall–Kier alpha value is -0.900. The predicted octanol–water partition coefficient (Wildman–Crippen LogP) is 2.46. The Morgan fingerprint density at radius 3 is 2.33 bits per heavy atom. The van der Waals surface area contributed by atoms with E-state index in [9.17, 15) is 26.4 Å². The van der Waals surface area contributed by atoms with Crippen molar-refractivity contribution in [1.82, 2.24) is 0 Å². The first kappa shape index (κ1) is 20.1. The fourth-order valence-corrected chi connectivity index (χ4v) is 2.39. The molecular weight excluding hydrogens is 333 g/mol. The lowest BCUT2D eigenvalue weighted by molar-refractivity contribution is -0.150. The van der Waals surface area contributed by atoms with E-state index < -0.39 is 38.7 Å². The normalized spacial score (nSPS) is 21.8. The molecule has 124 valence electrons. The molecule has 0 aromatic rings. The summed E-state index contributed by atoms with van der Waals surface area (Å²) in [6, 6.07) is 0. The summed E-state index contributed by atoms with van der Waals surface area (Å²) in [5.74, 6) is -1.78. The van der Waals surface area contributed by atoms with Gasteiger partial charge < -0.3 is 8.92 Å². The van der Waals surface area contributed by atoms with Crippen LogP contribution in [0, 0.1) is 11.3 Å². The van der Waals surface area contributed by atoms with Crippen LogP contribution in [-0.2, 0) is 23.8 Å². The number of alkyl halides is 3. The summed E-state index contributed by atoms with van der Waals surface area (Å²) >= 11 is 0. The van der Waals surface area contributed by atoms with E-state index in [1.54, 1.807) is 13.8 Å². The van der Waals surface area contributed by atoms with Gasteiger partial charge in [-0.3, -0.25) is 4.79 Å². The second kappa shape index (κ2) is 6.47. The van der Waals surface area contributed by atoms with Crippen molar-refractivity contribution in [2.75, 3.05) is 7.11 Å². The third-order valence-corrected chi connectivity index (χ3v) is 4.19. The molecule has 0 saturated heterocycles. The molecule has 0 N–H and O–H groups in total. The first-order valence-electron chi connectivity index (χ1n) is 5.68. The number of hydrogen-bond donors (Lipinski definition) is 0. The molecule has 0 unspecified atom stereocenters. The van der Waals surface area contributed by atoms with Gasteiger partial charge in [-0.05, 0) is 17.9 Å².